The Morgan fingerprint density at radius 1 is 0.970 bits per heavy atom. The molecule has 1 aliphatic rings. The van der Waals surface area contributed by atoms with Crippen LogP contribution in [0.4, 0.5) is 5.69 Å². The third kappa shape index (κ3) is 4.39. The number of nitro benzene ring substituents is 1. The average Bonchev–Trinajstić information content (AvgIpc) is 3.08. The van der Waals surface area contributed by atoms with Gasteiger partial charge < -0.3 is 10.0 Å². The smallest absolute Gasteiger partial charge is 0.295 e. The van der Waals surface area contributed by atoms with E-state index in [0.29, 0.717) is 17.5 Å². The van der Waals surface area contributed by atoms with Crippen LogP contribution in [0.25, 0.3) is 5.76 Å². The summed E-state index contributed by atoms with van der Waals surface area (Å²) in [5.41, 5.74) is 2.81. The van der Waals surface area contributed by atoms with Gasteiger partial charge in [-0.05, 0) is 36.6 Å². The average molecular weight is 442 g/mol. The number of likely N-dealkylation sites (tertiary alicyclic amines) is 1. The molecule has 3 aromatic carbocycles. The number of hydrogen-bond acceptors (Lipinski definition) is 5. The normalized spacial score (nSPS) is 17.4. The lowest BCUT2D eigenvalue weighted by Crippen LogP contribution is -2.31. The minimum Gasteiger partial charge on any atom is -0.507 e. The highest BCUT2D eigenvalue weighted by atomic mass is 16.6. The van der Waals surface area contributed by atoms with E-state index >= 15 is 0 Å². The van der Waals surface area contributed by atoms with Gasteiger partial charge in [-0.3, -0.25) is 19.7 Å². The third-order valence-electron chi connectivity index (χ3n) is 5.77. The number of nitro groups is 1. The van der Waals surface area contributed by atoms with Gasteiger partial charge >= 0.3 is 0 Å². The van der Waals surface area contributed by atoms with Crippen LogP contribution in [0.2, 0.25) is 0 Å². The fourth-order valence-electron chi connectivity index (χ4n) is 4.00. The van der Waals surface area contributed by atoms with Gasteiger partial charge in [0.1, 0.15) is 5.76 Å². The number of Topliss-reactive ketones (excluding diaryl/α,β-unsaturated/α-hetero) is 1. The van der Waals surface area contributed by atoms with Crippen molar-refractivity contribution in [1.29, 1.82) is 0 Å². The lowest BCUT2D eigenvalue weighted by molar-refractivity contribution is -0.384. The molecule has 3 aromatic rings. The lowest BCUT2D eigenvalue weighted by Gasteiger charge is -2.25. The number of rotatable bonds is 6. The quantitative estimate of drug-likeness (QED) is 0.198. The molecule has 7 heteroatoms. The zero-order valence-electron chi connectivity index (χ0n) is 18.0. The zero-order chi connectivity index (χ0) is 23.5. The summed E-state index contributed by atoms with van der Waals surface area (Å²) >= 11 is 0. The zero-order valence-corrected chi connectivity index (χ0v) is 18.0. The Balaban J connectivity index is 1.79. The van der Waals surface area contributed by atoms with E-state index in [9.17, 15) is 24.8 Å². The second-order valence-electron chi connectivity index (χ2n) is 7.94. The maximum atomic E-state index is 13.1. The molecule has 1 atom stereocenters. The number of non-ortho nitro benzene ring substituents is 1. The van der Waals surface area contributed by atoms with Gasteiger partial charge in [-0.15, -0.1) is 0 Å². The number of aliphatic hydroxyl groups is 1. The van der Waals surface area contributed by atoms with Gasteiger partial charge in [-0.1, -0.05) is 60.2 Å². The Bertz CT molecular complexity index is 1230. The molecule has 1 aliphatic heterocycles. The molecular weight excluding hydrogens is 420 g/mol. The van der Waals surface area contributed by atoms with Gasteiger partial charge in [0.25, 0.3) is 17.4 Å². The van der Waals surface area contributed by atoms with E-state index in [4.69, 9.17) is 0 Å². The Morgan fingerprint density at radius 2 is 1.61 bits per heavy atom. The van der Waals surface area contributed by atoms with Gasteiger partial charge in [-0.25, -0.2) is 0 Å². The highest BCUT2D eigenvalue weighted by Crippen LogP contribution is 2.39. The predicted octanol–water partition coefficient (Wildman–Crippen LogP) is 4.57. The first kappa shape index (κ1) is 22.0. The van der Waals surface area contributed by atoms with Crippen LogP contribution < -0.4 is 0 Å². The molecular formula is C26H22N2O5. The van der Waals surface area contributed by atoms with Crippen molar-refractivity contribution in [2.24, 2.45) is 0 Å². The summed E-state index contributed by atoms with van der Waals surface area (Å²) in [6.45, 7) is 2.16. The number of carbonyl (C=O) groups excluding carboxylic acids is 2. The molecule has 1 fully saturated rings. The first-order chi connectivity index (χ1) is 15.9. The van der Waals surface area contributed by atoms with Crippen LogP contribution in [0.1, 0.15) is 28.3 Å². The van der Waals surface area contributed by atoms with E-state index in [0.717, 1.165) is 11.1 Å². The summed E-state index contributed by atoms with van der Waals surface area (Å²) in [7, 11) is 0. The van der Waals surface area contributed by atoms with Crippen molar-refractivity contribution >= 4 is 23.1 Å². The van der Waals surface area contributed by atoms with Crippen molar-refractivity contribution in [3.8, 4) is 0 Å². The number of amides is 1. The van der Waals surface area contributed by atoms with Gasteiger partial charge in [0.05, 0.1) is 16.5 Å². The molecule has 0 spiro atoms. The molecule has 4 rings (SSSR count). The Labute approximate surface area is 190 Å². The molecule has 0 aromatic heterocycles. The van der Waals surface area contributed by atoms with Gasteiger partial charge in [0, 0.05) is 24.2 Å². The lowest BCUT2D eigenvalue weighted by atomic mass is 9.94. The van der Waals surface area contributed by atoms with Crippen LogP contribution in [-0.2, 0) is 16.0 Å². The highest BCUT2D eigenvalue weighted by molar-refractivity contribution is 6.46. The van der Waals surface area contributed by atoms with Crippen molar-refractivity contribution in [2.75, 3.05) is 6.54 Å². The van der Waals surface area contributed by atoms with Crippen molar-refractivity contribution in [3.63, 3.8) is 0 Å². The van der Waals surface area contributed by atoms with Gasteiger partial charge in [-0.2, -0.15) is 0 Å². The molecule has 0 aliphatic carbocycles. The Hall–Kier alpha value is -4.26. The molecule has 1 heterocycles. The molecule has 7 nitrogen and oxygen atoms in total. The third-order valence-corrected chi connectivity index (χ3v) is 5.77. The van der Waals surface area contributed by atoms with E-state index in [1.165, 1.54) is 29.2 Å². The summed E-state index contributed by atoms with van der Waals surface area (Å²) in [6.07, 6.45) is 0.516. The number of carbonyl (C=O) groups is 2. The number of ketones is 1. The molecule has 1 saturated heterocycles. The maximum Gasteiger partial charge on any atom is 0.295 e. The maximum absolute atomic E-state index is 13.1. The van der Waals surface area contributed by atoms with Crippen LogP contribution in [0.15, 0.2) is 84.4 Å². The summed E-state index contributed by atoms with van der Waals surface area (Å²) in [5, 5.41) is 22.1. The number of hydrogen-bond donors (Lipinski definition) is 1. The van der Waals surface area contributed by atoms with Crippen molar-refractivity contribution in [3.05, 3.63) is 117 Å². The van der Waals surface area contributed by atoms with Crippen molar-refractivity contribution in [1.82, 2.24) is 4.90 Å². The Kier molecular flexibility index (Phi) is 6.04. The van der Waals surface area contributed by atoms with E-state index in [1.807, 2.05) is 37.3 Å². The molecule has 33 heavy (non-hydrogen) atoms. The molecule has 0 unspecified atom stereocenters. The minimum atomic E-state index is -0.851. The van der Waals surface area contributed by atoms with Crippen molar-refractivity contribution in [2.45, 2.75) is 19.4 Å². The monoisotopic (exact) mass is 442 g/mol. The Morgan fingerprint density at radius 3 is 2.21 bits per heavy atom. The van der Waals surface area contributed by atoms with Gasteiger partial charge in [0.2, 0.25) is 0 Å². The molecule has 1 amide bonds. The topological polar surface area (TPSA) is 101 Å². The second kappa shape index (κ2) is 9.08. The number of aliphatic hydroxyl groups excluding tert-OH is 1. The van der Waals surface area contributed by atoms with Crippen LogP contribution in [0.5, 0.6) is 0 Å². The summed E-state index contributed by atoms with van der Waals surface area (Å²) in [5.74, 6) is -1.74. The van der Waals surface area contributed by atoms with Crippen LogP contribution in [0, 0.1) is 17.0 Å². The first-order valence-corrected chi connectivity index (χ1v) is 10.5. The fourth-order valence-corrected chi connectivity index (χ4v) is 4.00. The van der Waals surface area contributed by atoms with E-state index in [-0.39, 0.29) is 23.6 Å². The van der Waals surface area contributed by atoms with E-state index in [2.05, 4.69) is 0 Å². The largest absolute Gasteiger partial charge is 0.507 e. The molecule has 0 saturated carbocycles. The number of aryl methyl sites for hydroxylation is 1. The minimum absolute atomic E-state index is 0.0224. The number of benzene rings is 3. The summed E-state index contributed by atoms with van der Waals surface area (Å²) in [4.78, 5) is 38.1. The van der Waals surface area contributed by atoms with E-state index < -0.39 is 22.7 Å². The summed E-state index contributed by atoms with van der Waals surface area (Å²) in [6, 6.07) is 21.4. The number of nitrogens with zero attached hydrogens (tertiary/aromatic N) is 2. The van der Waals surface area contributed by atoms with Crippen LogP contribution in [-0.4, -0.2) is 33.2 Å². The fraction of sp³-hybridized carbons (Fsp3) is 0.154. The van der Waals surface area contributed by atoms with Crippen LogP contribution >= 0.6 is 0 Å². The first-order valence-electron chi connectivity index (χ1n) is 10.5. The standard InChI is InChI=1S/C26H22N2O5/c1-17-7-9-20(10-8-17)24(29)22-23(19-11-13-21(14-12-19)28(32)33)27(26(31)25(22)30)16-15-18-5-3-2-4-6-18/h2-14,23,29H,15-16H2,1H3/t23-/m1/s1. The van der Waals surface area contributed by atoms with Gasteiger partial charge in [0.15, 0.2) is 0 Å². The highest BCUT2D eigenvalue weighted by Gasteiger charge is 2.45. The molecule has 166 valence electrons. The SMILES string of the molecule is Cc1ccc(C(O)=C2C(=O)C(=O)N(CCc3ccccc3)[C@@H]2c2ccc([N+](=O)[O-])cc2)cc1. The second-order valence-corrected chi connectivity index (χ2v) is 7.94. The van der Waals surface area contributed by atoms with Crippen LogP contribution in [0.3, 0.4) is 0 Å². The summed E-state index contributed by atoms with van der Waals surface area (Å²) < 4.78 is 0. The molecule has 1 N–H and O–H groups in total. The predicted molar refractivity (Wildman–Crippen MR) is 123 cm³/mol. The van der Waals surface area contributed by atoms with E-state index in [1.54, 1.807) is 24.3 Å². The molecule has 0 bridgehead atoms. The molecule has 0 radical (unpaired) electrons. The van der Waals surface area contributed by atoms with Crippen molar-refractivity contribution < 1.29 is 19.6 Å².